The van der Waals surface area contributed by atoms with Crippen LogP contribution in [-0.2, 0) is 9.53 Å². The van der Waals surface area contributed by atoms with Crippen LogP contribution in [-0.4, -0.2) is 12.6 Å². The van der Waals surface area contributed by atoms with Gasteiger partial charge in [-0.25, -0.2) is 4.79 Å². The lowest BCUT2D eigenvalue weighted by molar-refractivity contribution is -0.139. The first-order valence-electron chi connectivity index (χ1n) is 5.12. The quantitative estimate of drug-likeness (QED) is 0.792. The molecule has 0 N–H and O–H groups in total. The van der Waals surface area contributed by atoms with Gasteiger partial charge in [-0.3, -0.25) is 0 Å². The van der Waals surface area contributed by atoms with Gasteiger partial charge in [0.2, 0.25) is 0 Å². The van der Waals surface area contributed by atoms with Crippen LogP contribution in [0.15, 0.2) is 34.3 Å². The molecule has 0 spiro atoms. The van der Waals surface area contributed by atoms with E-state index in [1.165, 1.54) is 0 Å². The van der Waals surface area contributed by atoms with E-state index < -0.39 is 12.1 Å². The number of halogens is 2. The molecule has 0 aliphatic carbocycles. The number of carbonyl (C=O) groups is 1. The zero-order valence-corrected chi connectivity index (χ0v) is 10.6. The Balaban J connectivity index is 2.22. The fourth-order valence-electron chi connectivity index (χ4n) is 1.54. The summed E-state index contributed by atoms with van der Waals surface area (Å²) in [6, 6.07) is 7.17. The highest BCUT2D eigenvalue weighted by Gasteiger charge is 2.33. The van der Waals surface area contributed by atoms with Crippen LogP contribution in [0.25, 0.3) is 0 Å². The van der Waals surface area contributed by atoms with Gasteiger partial charge in [-0.15, -0.1) is 0 Å². The van der Waals surface area contributed by atoms with E-state index >= 15 is 0 Å². The number of benzene rings is 1. The van der Waals surface area contributed by atoms with Gasteiger partial charge in [0.25, 0.3) is 0 Å². The second-order valence-corrected chi connectivity index (χ2v) is 4.23. The topological polar surface area (TPSA) is 35.5 Å². The molecule has 0 radical (unpaired) electrons. The van der Waals surface area contributed by atoms with E-state index in [4.69, 9.17) is 32.7 Å². The lowest BCUT2D eigenvalue weighted by atomic mass is 10.1. The molecule has 2 rings (SSSR count). The van der Waals surface area contributed by atoms with Gasteiger partial charge < -0.3 is 9.47 Å². The highest BCUT2D eigenvalue weighted by Crippen LogP contribution is 2.39. The van der Waals surface area contributed by atoms with Crippen molar-refractivity contribution in [1.29, 1.82) is 0 Å². The summed E-state index contributed by atoms with van der Waals surface area (Å²) in [5.41, 5.74) is 0.766. The summed E-state index contributed by atoms with van der Waals surface area (Å²) in [6.45, 7) is 2.51. The van der Waals surface area contributed by atoms with E-state index in [1.807, 2.05) is 6.92 Å². The average molecular weight is 273 g/mol. The standard InChI is InChI=1S/C12H10Cl2O3/c1-2-16-8-5-3-7(4-6-8)11-9(13)10(14)12(15)17-11/h3-6,11H,2H2,1H3. The maximum atomic E-state index is 11.2. The second kappa shape index (κ2) is 4.98. The summed E-state index contributed by atoms with van der Waals surface area (Å²) < 4.78 is 10.4. The lowest BCUT2D eigenvalue weighted by Gasteiger charge is -2.11. The first-order valence-corrected chi connectivity index (χ1v) is 5.88. The summed E-state index contributed by atoms with van der Waals surface area (Å²) in [7, 11) is 0. The van der Waals surface area contributed by atoms with Gasteiger partial charge in [-0.05, 0) is 24.6 Å². The number of rotatable bonds is 3. The summed E-state index contributed by atoms with van der Waals surface area (Å²) in [4.78, 5) is 11.2. The molecule has 1 aliphatic rings. The lowest BCUT2D eigenvalue weighted by Crippen LogP contribution is -2.02. The molecular weight excluding hydrogens is 263 g/mol. The minimum Gasteiger partial charge on any atom is -0.494 e. The molecule has 1 aromatic carbocycles. The van der Waals surface area contributed by atoms with Crippen molar-refractivity contribution in [3.8, 4) is 5.75 Å². The van der Waals surface area contributed by atoms with Gasteiger partial charge in [0.05, 0.1) is 11.6 Å². The SMILES string of the molecule is CCOc1ccc(C2OC(=O)C(Cl)=C2Cl)cc1. The summed E-state index contributed by atoms with van der Waals surface area (Å²) >= 11 is 11.6. The predicted molar refractivity (Wildman–Crippen MR) is 65.2 cm³/mol. The third-order valence-electron chi connectivity index (χ3n) is 2.34. The highest BCUT2D eigenvalue weighted by molar-refractivity contribution is 6.48. The Hall–Kier alpha value is -1.19. The molecule has 17 heavy (non-hydrogen) atoms. The molecule has 1 unspecified atom stereocenters. The van der Waals surface area contributed by atoms with Gasteiger partial charge in [-0.1, -0.05) is 35.3 Å². The molecule has 1 heterocycles. The molecule has 0 amide bonds. The Kier molecular flexibility index (Phi) is 3.60. The average Bonchev–Trinajstić information content (AvgIpc) is 2.59. The fraction of sp³-hybridized carbons (Fsp3) is 0.250. The van der Waals surface area contributed by atoms with Crippen molar-refractivity contribution >= 4 is 29.2 Å². The van der Waals surface area contributed by atoms with E-state index in [9.17, 15) is 4.79 Å². The van der Waals surface area contributed by atoms with Gasteiger partial charge in [0.15, 0.2) is 6.10 Å². The highest BCUT2D eigenvalue weighted by atomic mass is 35.5. The molecule has 0 fully saturated rings. The zero-order chi connectivity index (χ0) is 12.4. The van der Waals surface area contributed by atoms with Crippen molar-refractivity contribution in [3.05, 3.63) is 39.9 Å². The molecule has 0 bridgehead atoms. The van der Waals surface area contributed by atoms with Gasteiger partial charge >= 0.3 is 5.97 Å². The van der Waals surface area contributed by atoms with Crippen LogP contribution < -0.4 is 4.74 Å². The van der Waals surface area contributed by atoms with E-state index in [0.717, 1.165) is 11.3 Å². The number of hydrogen-bond acceptors (Lipinski definition) is 3. The smallest absolute Gasteiger partial charge is 0.352 e. The summed E-state index contributed by atoms with van der Waals surface area (Å²) in [5.74, 6) is 0.169. The number of ether oxygens (including phenoxy) is 2. The van der Waals surface area contributed by atoms with Crippen molar-refractivity contribution in [2.75, 3.05) is 6.61 Å². The summed E-state index contributed by atoms with van der Waals surface area (Å²) in [5, 5.41) is 0.173. The number of hydrogen-bond donors (Lipinski definition) is 0. The first-order chi connectivity index (χ1) is 8.13. The van der Waals surface area contributed by atoms with Crippen molar-refractivity contribution in [1.82, 2.24) is 0 Å². The number of esters is 1. The van der Waals surface area contributed by atoms with Gasteiger partial charge in [0.1, 0.15) is 10.8 Å². The van der Waals surface area contributed by atoms with E-state index in [0.29, 0.717) is 6.61 Å². The van der Waals surface area contributed by atoms with Crippen molar-refractivity contribution in [2.24, 2.45) is 0 Å². The van der Waals surface area contributed by atoms with Crippen molar-refractivity contribution in [3.63, 3.8) is 0 Å². The van der Waals surface area contributed by atoms with Gasteiger partial charge in [-0.2, -0.15) is 0 Å². The van der Waals surface area contributed by atoms with E-state index in [1.54, 1.807) is 24.3 Å². The number of carbonyl (C=O) groups excluding carboxylic acids is 1. The molecule has 5 heteroatoms. The largest absolute Gasteiger partial charge is 0.494 e. The van der Waals surface area contributed by atoms with Crippen LogP contribution in [0.3, 0.4) is 0 Å². The summed E-state index contributed by atoms with van der Waals surface area (Å²) in [6.07, 6.45) is -0.604. The van der Waals surface area contributed by atoms with E-state index in [-0.39, 0.29) is 10.1 Å². The Morgan fingerprint density at radius 2 is 1.94 bits per heavy atom. The third kappa shape index (κ3) is 2.40. The van der Waals surface area contributed by atoms with Crippen LogP contribution in [0, 0.1) is 0 Å². The second-order valence-electron chi connectivity index (χ2n) is 3.45. The number of cyclic esters (lactones) is 1. The molecule has 3 nitrogen and oxygen atoms in total. The minimum absolute atomic E-state index is 0.0504. The van der Waals surface area contributed by atoms with E-state index in [2.05, 4.69) is 0 Å². The molecule has 1 atom stereocenters. The minimum atomic E-state index is -0.604. The maximum absolute atomic E-state index is 11.2. The first kappa shape index (κ1) is 12.3. The van der Waals surface area contributed by atoms with Crippen molar-refractivity contribution in [2.45, 2.75) is 13.0 Å². The predicted octanol–water partition coefficient (Wildman–Crippen LogP) is 3.37. The zero-order valence-electron chi connectivity index (χ0n) is 9.07. The van der Waals surface area contributed by atoms with Crippen LogP contribution in [0.1, 0.15) is 18.6 Å². The molecular formula is C12H10Cl2O3. The van der Waals surface area contributed by atoms with Crippen molar-refractivity contribution < 1.29 is 14.3 Å². The Morgan fingerprint density at radius 3 is 2.41 bits per heavy atom. The normalized spacial score (nSPS) is 19.5. The third-order valence-corrected chi connectivity index (χ3v) is 3.18. The Bertz CT molecular complexity index is 465. The molecule has 90 valence electrons. The molecule has 0 aromatic heterocycles. The van der Waals surface area contributed by atoms with Crippen LogP contribution in [0.5, 0.6) is 5.75 Å². The monoisotopic (exact) mass is 272 g/mol. The van der Waals surface area contributed by atoms with Crippen LogP contribution >= 0.6 is 23.2 Å². The van der Waals surface area contributed by atoms with Gasteiger partial charge in [0, 0.05) is 0 Å². The fourth-order valence-corrected chi connectivity index (χ4v) is 1.93. The van der Waals surface area contributed by atoms with Crippen LogP contribution in [0.4, 0.5) is 0 Å². The molecule has 0 saturated heterocycles. The van der Waals surface area contributed by atoms with Crippen LogP contribution in [0.2, 0.25) is 0 Å². The molecule has 1 aliphatic heterocycles. The maximum Gasteiger partial charge on any atom is 0.352 e. The Labute approximate surface area is 109 Å². The molecule has 1 aromatic rings. The molecule has 0 saturated carbocycles. The Morgan fingerprint density at radius 1 is 1.29 bits per heavy atom.